The van der Waals surface area contributed by atoms with Crippen LogP contribution in [0.1, 0.15) is 5.56 Å². The lowest BCUT2D eigenvalue weighted by Gasteiger charge is -2.05. The minimum Gasteiger partial charge on any atom is -0.452 e. The SMILES string of the molecule is O=C(COC(=O)/C=C/c1ccccc1[N+](=O)[O-])Nc1ccc(F)c(F)c1. The molecule has 7 nitrogen and oxygen atoms in total. The molecule has 0 aliphatic heterocycles. The van der Waals surface area contributed by atoms with Crippen molar-refractivity contribution < 1.29 is 28.0 Å². The number of amides is 1. The molecule has 134 valence electrons. The molecule has 0 heterocycles. The van der Waals surface area contributed by atoms with Crippen LogP contribution in [0.4, 0.5) is 20.2 Å². The Morgan fingerprint density at radius 3 is 2.58 bits per heavy atom. The molecular weight excluding hydrogens is 350 g/mol. The van der Waals surface area contributed by atoms with Crippen LogP contribution in [0.25, 0.3) is 6.08 Å². The lowest BCUT2D eigenvalue weighted by atomic mass is 10.1. The smallest absolute Gasteiger partial charge is 0.331 e. The van der Waals surface area contributed by atoms with E-state index >= 15 is 0 Å². The summed E-state index contributed by atoms with van der Waals surface area (Å²) in [5.74, 6) is -3.85. The van der Waals surface area contributed by atoms with Gasteiger partial charge in [-0.15, -0.1) is 0 Å². The summed E-state index contributed by atoms with van der Waals surface area (Å²) in [6.45, 7) is -0.668. The van der Waals surface area contributed by atoms with Gasteiger partial charge in [-0.3, -0.25) is 14.9 Å². The second-order valence-electron chi connectivity index (χ2n) is 4.93. The molecular formula is C17H12F2N2O5. The minimum absolute atomic E-state index is 0.000372. The fourth-order valence-electron chi connectivity index (χ4n) is 1.91. The number of para-hydroxylation sites is 1. The minimum atomic E-state index is -1.13. The van der Waals surface area contributed by atoms with Gasteiger partial charge in [0.25, 0.3) is 11.6 Å². The highest BCUT2D eigenvalue weighted by atomic mass is 19.2. The third kappa shape index (κ3) is 5.20. The third-order valence-electron chi connectivity index (χ3n) is 3.08. The van der Waals surface area contributed by atoms with Crippen LogP contribution >= 0.6 is 0 Å². The number of benzene rings is 2. The number of esters is 1. The van der Waals surface area contributed by atoms with Crippen molar-refractivity contribution in [3.8, 4) is 0 Å². The third-order valence-corrected chi connectivity index (χ3v) is 3.08. The van der Waals surface area contributed by atoms with Crippen LogP contribution in [0, 0.1) is 21.7 Å². The predicted molar refractivity (Wildman–Crippen MR) is 88.1 cm³/mol. The highest BCUT2D eigenvalue weighted by Crippen LogP contribution is 2.19. The molecule has 0 bridgehead atoms. The van der Waals surface area contributed by atoms with Crippen LogP contribution in [0.5, 0.6) is 0 Å². The summed E-state index contributed by atoms with van der Waals surface area (Å²) in [6, 6.07) is 8.53. The Hall–Kier alpha value is -3.62. The number of hydrogen-bond acceptors (Lipinski definition) is 5. The number of hydrogen-bond donors (Lipinski definition) is 1. The maximum atomic E-state index is 13.0. The van der Waals surface area contributed by atoms with Gasteiger partial charge < -0.3 is 10.1 Å². The van der Waals surface area contributed by atoms with E-state index in [1.165, 1.54) is 24.3 Å². The van der Waals surface area contributed by atoms with Crippen LogP contribution in [0.2, 0.25) is 0 Å². The molecule has 2 aromatic rings. The Labute approximate surface area is 146 Å². The summed E-state index contributed by atoms with van der Waals surface area (Å²) in [5, 5.41) is 13.1. The lowest BCUT2D eigenvalue weighted by molar-refractivity contribution is -0.385. The topological polar surface area (TPSA) is 98.5 Å². The van der Waals surface area contributed by atoms with E-state index in [4.69, 9.17) is 0 Å². The zero-order chi connectivity index (χ0) is 19.1. The molecule has 26 heavy (non-hydrogen) atoms. The molecule has 2 rings (SSSR count). The Bertz CT molecular complexity index is 883. The van der Waals surface area contributed by atoms with Crippen molar-refractivity contribution in [2.75, 3.05) is 11.9 Å². The maximum Gasteiger partial charge on any atom is 0.331 e. The molecule has 0 aliphatic rings. The number of rotatable bonds is 6. The van der Waals surface area contributed by atoms with Gasteiger partial charge in [0.15, 0.2) is 18.2 Å². The standard InChI is InChI=1S/C17H12F2N2O5/c18-13-7-6-12(9-14(13)19)20-16(22)10-26-17(23)8-5-11-3-1-2-4-15(11)21(24)25/h1-9H,10H2,(H,20,22)/b8-5+. The fraction of sp³-hybridized carbons (Fsp3) is 0.0588. The van der Waals surface area contributed by atoms with Gasteiger partial charge in [-0.05, 0) is 24.3 Å². The molecule has 0 spiro atoms. The summed E-state index contributed by atoms with van der Waals surface area (Å²) in [7, 11) is 0. The van der Waals surface area contributed by atoms with E-state index in [-0.39, 0.29) is 16.9 Å². The van der Waals surface area contributed by atoms with Crippen molar-refractivity contribution in [3.05, 3.63) is 75.9 Å². The molecule has 0 atom stereocenters. The molecule has 0 saturated carbocycles. The molecule has 2 aromatic carbocycles. The van der Waals surface area contributed by atoms with E-state index in [0.717, 1.165) is 24.3 Å². The Morgan fingerprint density at radius 2 is 1.88 bits per heavy atom. The molecule has 0 saturated heterocycles. The van der Waals surface area contributed by atoms with Gasteiger partial charge in [0, 0.05) is 23.9 Å². The summed E-state index contributed by atoms with van der Waals surface area (Å²) < 4.78 is 30.5. The second-order valence-corrected chi connectivity index (χ2v) is 4.93. The van der Waals surface area contributed by atoms with Gasteiger partial charge in [-0.25, -0.2) is 13.6 Å². The van der Waals surface area contributed by atoms with E-state index in [2.05, 4.69) is 10.1 Å². The maximum absolute atomic E-state index is 13.0. The average Bonchev–Trinajstić information content (AvgIpc) is 2.61. The summed E-state index contributed by atoms with van der Waals surface area (Å²) in [6.07, 6.45) is 2.13. The number of carbonyl (C=O) groups is 2. The van der Waals surface area contributed by atoms with E-state index in [9.17, 15) is 28.5 Å². The molecule has 1 amide bonds. The molecule has 9 heteroatoms. The summed E-state index contributed by atoms with van der Waals surface area (Å²) in [4.78, 5) is 33.5. The molecule has 0 radical (unpaired) electrons. The highest BCUT2D eigenvalue weighted by molar-refractivity contribution is 5.94. The fourth-order valence-corrected chi connectivity index (χ4v) is 1.91. The first-order valence-corrected chi connectivity index (χ1v) is 7.20. The van der Waals surface area contributed by atoms with Gasteiger partial charge in [0.05, 0.1) is 10.5 Å². The summed E-state index contributed by atoms with van der Waals surface area (Å²) in [5.41, 5.74) is 0.00807. The number of halogens is 2. The van der Waals surface area contributed by atoms with Crippen molar-refractivity contribution in [3.63, 3.8) is 0 Å². The first kappa shape index (κ1) is 18.7. The predicted octanol–water partition coefficient (Wildman–Crippen LogP) is 3.07. The van der Waals surface area contributed by atoms with Gasteiger partial charge >= 0.3 is 5.97 Å². The van der Waals surface area contributed by atoms with Crippen LogP contribution in [-0.2, 0) is 14.3 Å². The normalized spacial score (nSPS) is 10.5. The molecule has 0 aromatic heterocycles. The molecule has 0 aliphatic carbocycles. The van der Waals surface area contributed by atoms with Crippen LogP contribution < -0.4 is 5.32 Å². The Kier molecular flexibility index (Phi) is 6.10. The van der Waals surface area contributed by atoms with E-state index < -0.39 is 35.0 Å². The number of nitrogens with one attached hydrogen (secondary N) is 1. The van der Waals surface area contributed by atoms with Gasteiger partial charge in [-0.2, -0.15) is 0 Å². The van der Waals surface area contributed by atoms with Crippen LogP contribution in [-0.4, -0.2) is 23.4 Å². The quantitative estimate of drug-likeness (QED) is 0.369. The van der Waals surface area contributed by atoms with Crippen molar-refractivity contribution >= 4 is 29.3 Å². The number of nitro groups is 1. The zero-order valence-electron chi connectivity index (χ0n) is 13.1. The van der Waals surface area contributed by atoms with E-state index in [1.807, 2.05) is 0 Å². The largest absolute Gasteiger partial charge is 0.452 e. The van der Waals surface area contributed by atoms with Crippen LogP contribution in [0.3, 0.4) is 0 Å². The first-order valence-electron chi connectivity index (χ1n) is 7.20. The number of ether oxygens (including phenoxy) is 1. The summed E-state index contributed by atoms with van der Waals surface area (Å²) >= 11 is 0. The van der Waals surface area contributed by atoms with E-state index in [0.29, 0.717) is 0 Å². The van der Waals surface area contributed by atoms with Crippen molar-refractivity contribution in [1.29, 1.82) is 0 Å². The molecule has 0 fully saturated rings. The monoisotopic (exact) mass is 362 g/mol. The van der Waals surface area contributed by atoms with Crippen LogP contribution in [0.15, 0.2) is 48.5 Å². The number of nitrogens with zero attached hydrogens (tertiary/aromatic N) is 1. The van der Waals surface area contributed by atoms with Crippen molar-refractivity contribution in [2.24, 2.45) is 0 Å². The van der Waals surface area contributed by atoms with Gasteiger partial charge in [0.2, 0.25) is 0 Å². The first-order chi connectivity index (χ1) is 12.4. The number of anilines is 1. The highest BCUT2D eigenvalue weighted by Gasteiger charge is 2.11. The number of nitro benzene ring substituents is 1. The zero-order valence-corrected chi connectivity index (χ0v) is 13.1. The number of carbonyl (C=O) groups excluding carboxylic acids is 2. The molecule has 1 N–H and O–H groups in total. The Morgan fingerprint density at radius 1 is 1.15 bits per heavy atom. The van der Waals surface area contributed by atoms with Crippen molar-refractivity contribution in [1.82, 2.24) is 0 Å². The van der Waals surface area contributed by atoms with Gasteiger partial charge in [0.1, 0.15) is 0 Å². The molecule has 0 unspecified atom stereocenters. The van der Waals surface area contributed by atoms with Gasteiger partial charge in [-0.1, -0.05) is 12.1 Å². The van der Waals surface area contributed by atoms with E-state index in [1.54, 1.807) is 6.07 Å². The lowest BCUT2D eigenvalue weighted by Crippen LogP contribution is -2.20. The van der Waals surface area contributed by atoms with Crippen molar-refractivity contribution in [2.45, 2.75) is 0 Å². The average molecular weight is 362 g/mol. The second kappa shape index (κ2) is 8.47. The Balaban J connectivity index is 1.89.